The van der Waals surface area contributed by atoms with Crippen molar-refractivity contribution in [2.75, 3.05) is 18.1 Å². The number of anilines is 1. The number of aliphatic hydroxyl groups excluding tert-OH is 1. The lowest BCUT2D eigenvalue weighted by atomic mass is 10.2. The van der Waals surface area contributed by atoms with Crippen molar-refractivity contribution in [2.45, 2.75) is 6.54 Å². The molecule has 0 bridgehead atoms. The summed E-state index contributed by atoms with van der Waals surface area (Å²) in [4.78, 5) is 17.2. The zero-order valence-electron chi connectivity index (χ0n) is 10.9. The number of aliphatic hydroxyl groups is 1. The first-order chi connectivity index (χ1) is 9.72. The lowest BCUT2D eigenvalue weighted by Crippen LogP contribution is -2.28. The number of nitrogens with zero attached hydrogens (tertiary/aromatic N) is 2. The molecule has 5 nitrogen and oxygen atoms in total. The Kier molecular flexibility index (Phi) is 4.68. The number of benzene rings is 1. The van der Waals surface area contributed by atoms with Gasteiger partial charge in [-0.1, -0.05) is 30.3 Å². The van der Waals surface area contributed by atoms with Crippen LogP contribution < -0.4 is 4.90 Å². The molecule has 0 aliphatic rings. The molecule has 5 heteroatoms. The summed E-state index contributed by atoms with van der Waals surface area (Å²) >= 11 is 0. The topological polar surface area (TPSA) is 73.7 Å². The molecule has 104 valence electrons. The van der Waals surface area contributed by atoms with E-state index in [1.165, 1.54) is 6.07 Å². The van der Waals surface area contributed by atoms with Crippen LogP contribution in [-0.4, -0.2) is 34.3 Å². The van der Waals surface area contributed by atoms with Crippen LogP contribution in [0.3, 0.4) is 0 Å². The fourth-order valence-corrected chi connectivity index (χ4v) is 2.00. The second-order valence-electron chi connectivity index (χ2n) is 4.31. The Labute approximate surface area is 117 Å². The molecule has 20 heavy (non-hydrogen) atoms. The first-order valence-corrected chi connectivity index (χ1v) is 6.30. The van der Waals surface area contributed by atoms with Crippen LogP contribution in [0.15, 0.2) is 48.7 Å². The van der Waals surface area contributed by atoms with Crippen molar-refractivity contribution in [1.29, 1.82) is 0 Å². The lowest BCUT2D eigenvalue weighted by Gasteiger charge is -2.24. The van der Waals surface area contributed by atoms with E-state index in [9.17, 15) is 15.0 Å². The van der Waals surface area contributed by atoms with E-state index in [0.29, 0.717) is 18.9 Å². The van der Waals surface area contributed by atoms with Crippen molar-refractivity contribution in [3.63, 3.8) is 0 Å². The zero-order valence-corrected chi connectivity index (χ0v) is 10.9. The highest BCUT2D eigenvalue weighted by Crippen LogP contribution is 2.19. The molecule has 0 saturated carbocycles. The molecule has 1 aromatic heterocycles. The summed E-state index contributed by atoms with van der Waals surface area (Å²) in [5.41, 5.74) is 1.17. The summed E-state index contributed by atoms with van der Waals surface area (Å²) in [6.07, 6.45) is 1.55. The molecule has 1 heterocycles. The largest absolute Gasteiger partial charge is 0.478 e. The van der Waals surface area contributed by atoms with Crippen LogP contribution in [-0.2, 0) is 6.54 Å². The Morgan fingerprint density at radius 2 is 1.90 bits per heavy atom. The lowest BCUT2D eigenvalue weighted by molar-refractivity contribution is 0.0697. The maximum absolute atomic E-state index is 11.3. The summed E-state index contributed by atoms with van der Waals surface area (Å²) < 4.78 is 0. The van der Waals surface area contributed by atoms with Gasteiger partial charge in [0.1, 0.15) is 11.4 Å². The van der Waals surface area contributed by atoms with E-state index >= 15 is 0 Å². The summed E-state index contributed by atoms with van der Waals surface area (Å²) in [7, 11) is 0. The normalized spacial score (nSPS) is 10.2. The molecule has 1 aromatic carbocycles. The van der Waals surface area contributed by atoms with Crippen LogP contribution in [0.1, 0.15) is 15.9 Å². The predicted octanol–water partition coefficient (Wildman–Crippen LogP) is 1.78. The van der Waals surface area contributed by atoms with E-state index in [2.05, 4.69) is 4.98 Å². The summed E-state index contributed by atoms with van der Waals surface area (Å²) in [5, 5.41) is 18.4. The van der Waals surface area contributed by atoms with Gasteiger partial charge in [-0.25, -0.2) is 9.78 Å². The fourth-order valence-electron chi connectivity index (χ4n) is 2.00. The molecule has 0 unspecified atom stereocenters. The highest BCUT2D eigenvalue weighted by atomic mass is 16.4. The number of hydrogen-bond donors (Lipinski definition) is 2. The van der Waals surface area contributed by atoms with Gasteiger partial charge in [-0.05, 0) is 17.7 Å². The Morgan fingerprint density at radius 3 is 2.55 bits per heavy atom. The molecule has 0 saturated heterocycles. The van der Waals surface area contributed by atoms with E-state index in [1.54, 1.807) is 17.2 Å². The van der Waals surface area contributed by atoms with E-state index in [-0.39, 0.29) is 12.2 Å². The molecule has 0 spiro atoms. The van der Waals surface area contributed by atoms with Crippen molar-refractivity contribution in [3.05, 3.63) is 59.8 Å². The molecule has 0 aliphatic carbocycles. The highest BCUT2D eigenvalue weighted by molar-refractivity contribution is 5.93. The molecule has 0 aliphatic heterocycles. The third-order valence-corrected chi connectivity index (χ3v) is 2.90. The highest BCUT2D eigenvalue weighted by Gasteiger charge is 2.17. The minimum atomic E-state index is -1.02. The Morgan fingerprint density at radius 1 is 1.15 bits per heavy atom. The van der Waals surface area contributed by atoms with Gasteiger partial charge in [-0.3, -0.25) is 0 Å². The first-order valence-electron chi connectivity index (χ1n) is 6.30. The molecule has 0 amide bonds. The number of carboxylic acids is 1. The van der Waals surface area contributed by atoms with Gasteiger partial charge >= 0.3 is 5.97 Å². The van der Waals surface area contributed by atoms with Crippen LogP contribution in [0.4, 0.5) is 5.82 Å². The van der Waals surface area contributed by atoms with E-state index in [1.807, 2.05) is 30.3 Å². The molecule has 2 N–H and O–H groups in total. The van der Waals surface area contributed by atoms with Crippen LogP contribution in [0.25, 0.3) is 0 Å². The average Bonchev–Trinajstić information content (AvgIpc) is 2.48. The second-order valence-corrected chi connectivity index (χ2v) is 4.31. The SMILES string of the molecule is O=C(O)c1cccnc1N(CCO)Cc1ccccc1. The second kappa shape index (κ2) is 6.68. The minimum absolute atomic E-state index is 0.0670. The number of rotatable bonds is 6. The van der Waals surface area contributed by atoms with Crippen molar-refractivity contribution in [2.24, 2.45) is 0 Å². The molecule has 2 rings (SSSR count). The van der Waals surface area contributed by atoms with Gasteiger partial charge in [-0.15, -0.1) is 0 Å². The van der Waals surface area contributed by atoms with Crippen molar-refractivity contribution in [1.82, 2.24) is 4.98 Å². The van der Waals surface area contributed by atoms with Crippen molar-refractivity contribution in [3.8, 4) is 0 Å². The van der Waals surface area contributed by atoms with E-state index in [4.69, 9.17) is 0 Å². The maximum atomic E-state index is 11.3. The standard InChI is InChI=1S/C15H16N2O3/c18-10-9-17(11-12-5-2-1-3-6-12)14-13(15(19)20)7-4-8-16-14/h1-8,18H,9-11H2,(H,19,20). The number of pyridine rings is 1. The van der Waals surface area contributed by atoms with Crippen LogP contribution >= 0.6 is 0 Å². The number of carboxylic acid groups (broad SMARTS) is 1. The minimum Gasteiger partial charge on any atom is -0.478 e. The first kappa shape index (κ1) is 14.0. The fraction of sp³-hybridized carbons (Fsp3) is 0.200. The third-order valence-electron chi connectivity index (χ3n) is 2.90. The molecular weight excluding hydrogens is 256 g/mol. The number of aromatic nitrogens is 1. The summed E-state index contributed by atoms with van der Waals surface area (Å²) in [6, 6.07) is 12.8. The predicted molar refractivity (Wildman–Crippen MR) is 75.8 cm³/mol. The van der Waals surface area contributed by atoms with Gasteiger partial charge in [0, 0.05) is 19.3 Å². The monoisotopic (exact) mass is 272 g/mol. The molecule has 0 atom stereocenters. The Hall–Kier alpha value is -2.40. The summed E-state index contributed by atoms with van der Waals surface area (Å²) in [6.45, 7) is 0.757. The van der Waals surface area contributed by atoms with Gasteiger partial charge in [0.05, 0.1) is 6.61 Å². The zero-order chi connectivity index (χ0) is 14.4. The Bertz CT molecular complexity index is 572. The van der Waals surface area contributed by atoms with Gasteiger partial charge in [0.2, 0.25) is 0 Å². The number of hydrogen-bond acceptors (Lipinski definition) is 4. The maximum Gasteiger partial charge on any atom is 0.339 e. The van der Waals surface area contributed by atoms with Gasteiger partial charge in [0.15, 0.2) is 0 Å². The van der Waals surface area contributed by atoms with E-state index in [0.717, 1.165) is 5.56 Å². The Balaban J connectivity index is 2.31. The molecule has 2 aromatic rings. The number of carbonyl (C=O) groups is 1. The summed E-state index contributed by atoms with van der Waals surface area (Å²) in [5.74, 6) is -0.651. The van der Waals surface area contributed by atoms with Crippen LogP contribution in [0.2, 0.25) is 0 Å². The number of aromatic carboxylic acids is 1. The van der Waals surface area contributed by atoms with Crippen LogP contribution in [0, 0.1) is 0 Å². The van der Waals surface area contributed by atoms with Gasteiger partial charge < -0.3 is 15.1 Å². The van der Waals surface area contributed by atoms with Crippen molar-refractivity contribution >= 4 is 11.8 Å². The average molecular weight is 272 g/mol. The third kappa shape index (κ3) is 3.33. The quantitative estimate of drug-likeness (QED) is 0.838. The van der Waals surface area contributed by atoms with Gasteiger partial charge in [0.25, 0.3) is 0 Å². The molecule has 0 fully saturated rings. The van der Waals surface area contributed by atoms with Gasteiger partial charge in [-0.2, -0.15) is 0 Å². The van der Waals surface area contributed by atoms with Crippen molar-refractivity contribution < 1.29 is 15.0 Å². The smallest absolute Gasteiger partial charge is 0.339 e. The van der Waals surface area contributed by atoms with Crippen LogP contribution in [0.5, 0.6) is 0 Å². The molecular formula is C15H16N2O3. The van der Waals surface area contributed by atoms with E-state index < -0.39 is 5.97 Å². The molecule has 0 radical (unpaired) electrons.